The Morgan fingerprint density at radius 3 is 2.23 bits per heavy atom. The third kappa shape index (κ3) is 5.70. The minimum atomic E-state index is -4.43. The molecule has 154 valence electrons. The van der Waals surface area contributed by atoms with Crippen molar-refractivity contribution in [2.24, 2.45) is 5.10 Å². The molecule has 7 heteroatoms. The number of halogens is 3. The zero-order valence-corrected chi connectivity index (χ0v) is 16.2. The molecule has 2 N–H and O–H groups in total. The molecular formula is C23H20F3N3O. The molecule has 0 saturated carbocycles. The summed E-state index contributed by atoms with van der Waals surface area (Å²) in [5, 5.41) is 6.73. The van der Waals surface area contributed by atoms with Crippen LogP contribution in [0.1, 0.15) is 18.1 Å². The van der Waals surface area contributed by atoms with Gasteiger partial charge in [-0.25, -0.2) is 5.43 Å². The molecule has 0 spiro atoms. The highest BCUT2D eigenvalue weighted by Gasteiger charge is 2.30. The lowest BCUT2D eigenvalue weighted by molar-refractivity contribution is -0.137. The molecule has 1 amide bonds. The van der Waals surface area contributed by atoms with Crippen LogP contribution < -0.4 is 10.7 Å². The number of nitrogens with one attached hydrogen (secondary N) is 2. The first-order valence-electron chi connectivity index (χ1n) is 9.23. The summed E-state index contributed by atoms with van der Waals surface area (Å²) in [5.74, 6) is -0.465. The van der Waals surface area contributed by atoms with Gasteiger partial charge in [0.2, 0.25) is 0 Å². The van der Waals surface area contributed by atoms with Crippen molar-refractivity contribution in [1.82, 2.24) is 5.43 Å². The number of amides is 1. The van der Waals surface area contributed by atoms with Crippen LogP contribution in [0, 0.1) is 0 Å². The SMILES string of the molecule is C/C(=N\NC(=O)CNc1cccc(C(F)(F)F)c1)c1ccc(-c2ccccc2)cc1. The first kappa shape index (κ1) is 21.1. The average Bonchev–Trinajstić information content (AvgIpc) is 2.76. The number of hydrogen-bond donors (Lipinski definition) is 2. The number of hydrazone groups is 1. The van der Waals surface area contributed by atoms with E-state index < -0.39 is 17.6 Å². The van der Waals surface area contributed by atoms with E-state index in [9.17, 15) is 18.0 Å². The van der Waals surface area contributed by atoms with Crippen LogP contribution in [0.4, 0.5) is 18.9 Å². The van der Waals surface area contributed by atoms with Crippen molar-refractivity contribution in [2.45, 2.75) is 13.1 Å². The molecule has 0 saturated heterocycles. The van der Waals surface area contributed by atoms with Gasteiger partial charge in [0.15, 0.2) is 0 Å². The molecule has 3 rings (SSSR count). The lowest BCUT2D eigenvalue weighted by Gasteiger charge is -2.10. The maximum Gasteiger partial charge on any atom is 0.416 e. The Balaban J connectivity index is 1.56. The molecule has 3 aromatic rings. The molecule has 0 unspecified atom stereocenters. The molecule has 4 nitrogen and oxygen atoms in total. The Morgan fingerprint density at radius 1 is 0.900 bits per heavy atom. The summed E-state index contributed by atoms with van der Waals surface area (Å²) in [4.78, 5) is 12.0. The van der Waals surface area contributed by atoms with Crippen molar-refractivity contribution >= 4 is 17.3 Å². The van der Waals surface area contributed by atoms with Gasteiger partial charge in [-0.15, -0.1) is 0 Å². The van der Waals surface area contributed by atoms with E-state index in [1.807, 2.05) is 54.6 Å². The van der Waals surface area contributed by atoms with Crippen LogP contribution >= 0.6 is 0 Å². The molecular weight excluding hydrogens is 391 g/mol. The lowest BCUT2D eigenvalue weighted by atomic mass is 10.0. The number of nitrogens with zero attached hydrogens (tertiary/aromatic N) is 1. The fraction of sp³-hybridized carbons (Fsp3) is 0.130. The summed E-state index contributed by atoms with van der Waals surface area (Å²) in [6.07, 6.45) is -4.43. The van der Waals surface area contributed by atoms with E-state index >= 15 is 0 Å². The third-order valence-electron chi connectivity index (χ3n) is 4.40. The highest BCUT2D eigenvalue weighted by molar-refractivity contribution is 5.99. The molecule has 0 aliphatic heterocycles. The van der Waals surface area contributed by atoms with E-state index in [0.717, 1.165) is 28.8 Å². The molecule has 3 aromatic carbocycles. The summed E-state index contributed by atoms with van der Waals surface area (Å²) >= 11 is 0. The summed E-state index contributed by atoms with van der Waals surface area (Å²) in [6, 6.07) is 22.4. The maximum absolute atomic E-state index is 12.7. The first-order valence-corrected chi connectivity index (χ1v) is 9.23. The minimum Gasteiger partial charge on any atom is -0.376 e. The molecule has 0 fully saturated rings. The molecule has 0 aliphatic rings. The normalized spacial score (nSPS) is 11.8. The van der Waals surface area contributed by atoms with Crippen LogP contribution in [-0.4, -0.2) is 18.2 Å². The van der Waals surface area contributed by atoms with Gasteiger partial charge in [-0.1, -0.05) is 60.7 Å². The highest BCUT2D eigenvalue weighted by atomic mass is 19.4. The Hall–Kier alpha value is -3.61. The number of alkyl halides is 3. The second kappa shape index (κ2) is 9.26. The van der Waals surface area contributed by atoms with Crippen molar-refractivity contribution in [3.05, 3.63) is 90.0 Å². The maximum atomic E-state index is 12.7. The van der Waals surface area contributed by atoms with Crippen molar-refractivity contribution in [1.29, 1.82) is 0 Å². The highest BCUT2D eigenvalue weighted by Crippen LogP contribution is 2.30. The fourth-order valence-electron chi connectivity index (χ4n) is 2.77. The van der Waals surface area contributed by atoms with Crippen LogP contribution in [0.5, 0.6) is 0 Å². The van der Waals surface area contributed by atoms with Gasteiger partial charge in [-0.3, -0.25) is 4.79 Å². The second-order valence-electron chi connectivity index (χ2n) is 6.61. The van der Waals surface area contributed by atoms with E-state index in [1.54, 1.807) is 6.92 Å². The second-order valence-corrected chi connectivity index (χ2v) is 6.61. The molecule has 0 heterocycles. The Labute approximate surface area is 172 Å². The fourth-order valence-corrected chi connectivity index (χ4v) is 2.77. The summed E-state index contributed by atoms with van der Waals surface area (Å²) < 4.78 is 38.2. The predicted octanol–water partition coefficient (Wildman–Crippen LogP) is 5.32. The van der Waals surface area contributed by atoms with Crippen molar-refractivity contribution in [2.75, 3.05) is 11.9 Å². The van der Waals surface area contributed by atoms with Gasteiger partial charge in [0, 0.05) is 5.69 Å². The summed E-state index contributed by atoms with van der Waals surface area (Å²) in [6.45, 7) is 1.56. The summed E-state index contributed by atoms with van der Waals surface area (Å²) in [7, 11) is 0. The van der Waals surface area contributed by atoms with E-state index in [2.05, 4.69) is 15.8 Å². The molecule has 0 bridgehead atoms. The van der Waals surface area contributed by atoms with Crippen LogP contribution in [-0.2, 0) is 11.0 Å². The zero-order valence-electron chi connectivity index (χ0n) is 16.2. The van der Waals surface area contributed by atoms with E-state index in [1.165, 1.54) is 12.1 Å². The van der Waals surface area contributed by atoms with Gasteiger partial charge in [-0.05, 0) is 41.8 Å². The van der Waals surface area contributed by atoms with Gasteiger partial charge in [0.1, 0.15) is 0 Å². The largest absolute Gasteiger partial charge is 0.416 e. The smallest absolute Gasteiger partial charge is 0.376 e. The standard InChI is InChI=1S/C23H20F3N3O/c1-16(17-10-12-19(13-11-17)18-6-3-2-4-7-18)28-29-22(30)15-27-21-9-5-8-20(14-21)23(24,25)26/h2-14,27H,15H2,1H3,(H,29,30)/b28-16+. The number of rotatable bonds is 6. The number of anilines is 1. The molecule has 0 radical (unpaired) electrons. The van der Waals surface area contributed by atoms with Crippen LogP contribution in [0.3, 0.4) is 0 Å². The molecule has 0 aromatic heterocycles. The van der Waals surface area contributed by atoms with Crippen molar-refractivity contribution < 1.29 is 18.0 Å². The van der Waals surface area contributed by atoms with Crippen molar-refractivity contribution in [3.8, 4) is 11.1 Å². The Morgan fingerprint density at radius 2 is 1.57 bits per heavy atom. The van der Waals surface area contributed by atoms with Crippen molar-refractivity contribution in [3.63, 3.8) is 0 Å². The van der Waals surface area contributed by atoms with E-state index in [-0.39, 0.29) is 12.2 Å². The quantitative estimate of drug-likeness (QED) is 0.426. The van der Waals surface area contributed by atoms with Crippen LogP contribution in [0.2, 0.25) is 0 Å². The van der Waals surface area contributed by atoms with Gasteiger partial charge < -0.3 is 5.32 Å². The zero-order chi connectivity index (χ0) is 21.6. The monoisotopic (exact) mass is 411 g/mol. The molecule has 30 heavy (non-hydrogen) atoms. The first-order chi connectivity index (χ1) is 14.3. The molecule has 0 atom stereocenters. The summed E-state index contributed by atoms with van der Waals surface area (Å²) in [5.41, 5.74) is 5.47. The van der Waals surface area contributed by atoms with Crippen LogP contribution in [0.15, 0.2) is 84.0 Å². The van der Waals surface area contributed by atoms with Gasteiger partial charge in [0.25, 0.3) is 5.91 Å². The van der Waals surface area contributed by atoms with Gasteiger partial charge in [0.05, 0.1) is 17.8 Å². The third-order valence-corrected chi connectivity index (χ3v) is 4.40. The Kier molecular flexibility index (Phi) is 6.51. The lowest BCUT2D eigenvalue weighted by Crippen LogP contribution is -2.26. The van der Waals surface area contributed by atoms with Gasteiger partial charge >= 0.3 is 6.18 Å². The number of carbonyl (C=O) groups excluding carboxylic acids is 1. The van der Waals surface area contributed by atoms with Crippen LogP contribution in [0.25, 0.3) is 11.1 Å². The number of hydrogen-bond acceptors (Lipinski definition) is 3. The predicted molar refractivity (Wildman–Crippen MR) is 112 cm³/mol. The minimum absolute atomic E-state index is 0.203. The number of benzene rings is 3. The van der Waals surface area contributed by atoms with Gasteiger partial charge in [-0.2, -0.15) is 18.3 Å². The van der Waals surface area contributed by atoms with E-state index in [4.69, 9.17) is 0 Å². The topological polar surface area (TPSA) is 53.5 Å². The Bertz CT molecular complexity index is 1030. The average molecular weight is 411 g/mol. The van der Waals surface area contributed by atoms with E-state index in [0.29, 0.717) is 5.71 Å². The molecule has 0 aliphatic carbocycles. The number of carbonyl (C=O) groups is 1.